The van der Waals surface area contributed by atoms with Crippen molar-refractivity contribution in [3.05, 3.63) is 32.9 Å². The van der Waals surface area contributed by atoms with Gasteiger partial charge in [-0.25, -0.2) is 0 Å². The van der Waals surface area contributed by atoms with Crippen LogP contribution in [0.3, 0.4) is 0 Å². The third-order valence-electron chi connectivity index (χ3n) is 5.16. The lowest BCUT2D eigenvalue weighted by Gasteiger charge is -2.27. The second-order valence-corrected chi connectivity index (χ2v) is 7.64. The predicted octanol–water partition coefficient (Wildman–Crippen LogP) is 4.11. The maximum absolute atomic E-state index is 12.6. The molecule has 20 heavy (non-hydrogen) atoms. The number of benzene rings is 1. The summed E-state index contributed by atoms with van der Waals surface area (Å²) in [5.41, 5.74) is 2.04. The Morgan fingerprint density at radius 2 is 2.15 bits per heavy atom. The fourth-order valence-electron chi connectivity index (χ4n) is 4.05. The molecule has 2 saturated carbocycles. The van der Waals surface area contributed by atoms with Crippen molar-refractivity contribution in [3.63, 3.8) is 0 Å². The van der Waals surface area contributed by atoms with Crippen molar-refractivity contribution in [2.75, 3.05) is 13.6 Å². The van der Waals surface area contributed by atoms with E-state index in [9.17, 15) is 4.79 Å². The van der Waals surface area contributed by atoms with Gasteiger partial charge in [0, 0.05) is 17.2 Å². The lowest BCUT2D eigenvalue weighted by Crippen LogP contribution is -2.34. The molecular weight excluding hydrogens is 361 g/mol. The summed E-state index contributed by atoms with van der Waals surface area (Å²) in [6, 6.07) is 6.00. The molecule has 3 unspecified atom stereocenters. The van der Waals surface area contributed by atoms with Crippen molar-refractivity contribution in [1.82, 2.24) is 4.90 Å². The molecule has 0 N–H and O–H groups in total. The first-order chi connectivity index (χ1) is 9.56. The molecule has 0 heterocycles. The monoisotopic (exact) mass is 383 g/mol. The number of rotatable bonds is 3. The number of carbonyl (C=O) groups is 1. The van der Waals surface area contributed by atoms with Gasteiger partial charge in [0.15, 0.2) is 0 Å². The molecule has 0 aliphatic heterocycles. The summed E-state index contributed by atoms with van der Waals surface area (Å²) in [5, 5.41) is 0. The lowest BCUT2D eigenvalue weighted by molar-refractivity contribution is 0.0753. The minimum absolute atomic E-state index is 0.181. The van der Waals surface area contributed by atoms with Crippen molar-refractivity contribution in [1.29, 1.82) is 0 Å². The summed E-state index contributed by atoms with van der Waals surface area (Å²) >= 11 is 2.29. The quantitative estimate of drug-likeness (QED) is 0.720. The molecule has 0 saturated heterocycles. The van der Waals surface area contributed by atoms with E-state index in [0.717, 1.165) is 33.4 Å². The number of hydrogen-bond acceptors (Lipinski definition) is 1. The molecule has 2 aliphatic rings. The maximum Gasteiger partial charge on any atom is 0.254 e. The molecule has 0 aromatic heterocycles. The van der Waals surface area contributed by atoms with Crippen LogP contribution in [0.1, 0.15) is 41.6 Å². The van der Waals surface area contributed by atoms with Gasteiger partial charge in [-0.2, -0.15) is 0 Å². The first-order valence-electron chi connectivity index (χ1n) is 7.57. The van der Waals surface area contributed by atoms with Crippen LogP contribution in [-0.2, 0) is 0 Å². The molecule has 3 heteroatoms. The van der Waals surface area contributed by atoms with Crippen LogP contribution in [0.2, 0.25) is 0 Å². The standard InChI is InChI=1S/C17H22INO/c1-11-4-3-5-15(16(11)18)17(20)19(2)10-14-9-12-6-7-13(14)8-12/h3-5,12-14H,6-10H2,1-2H3. The van der Waals surface area contributed by atoms with E-state index in [-0.39, 0.29) is 5.91 Å². The Kier molecular flexibility index (Phi) is 4.07. The highest BCUT2D eigenvalue weighted by atomic mass is 127. The summed E-state index contributed by atoms with van der Waals surface area (Å²) in [6.45, 7) is 3.00. The van der Waals surface area contributed by atoms with Gasteiger partial charge in [-0.1, -0.05) is 18.6 Å². The van der Waals surface area contributed by atoms with E-state index in [2.05, 4.69) is 35.6 Å². The Bertz CT molecular complexity index is 528. The number of aryl methyl sites for hydroxylation is 1. The molecule has 1 aromatic carbocycles. The van der Waals surface area contributed by atoms with Crippen LogP contribution in [0.25, 0.3) is 0 Å². The summed E-state index contributed by atoms with van der Waals surface area (Å²) in [6.07, 6.45) is 5.57. The van der Waals surface area contributed by atoms with Crippen LogP contribution in [0.5, 0.6) is 0 Å². The summed E-state index contributed by atoms with van der Waals surface area (Å²) in [4.78, 5) is 14.6. The normalized spacial score (nSPS) is 27.9. The molecular formula is C17H22INO. The third-order valence-corrected chi connectivity index (χ3v) is 6.59. The van der Waals surface area contributed by atoms with Crippen LogP contribution in [-0.4, -0.2) is 24.4 Å². The molecule has 2 nitrogen and oxygen atoms in total. The van der Waals surface area contributed by atoms with E-state index < -0.39 is 0 Å². The highest BCUT2D eigenvalue weighted by molar-refractivity contribution is 14.1. The first-order valence-corrected chi connectivity index (χ1v) is 8.64. The number of halogens is 1. The van der Waals surface area contributed by atoms with Crippen molar-refractivity contribution in [2.24, 2.45) is 17.8 Å². The highest BCUT2D eigenvalue weighted by Crippen LogP contribution is 2.48. The fourth-order valence-corrected chi connectivity index (χ4v) is 4.64. The van der Waals surface area contributed by atoms with Gasteiger partial charge >= 0.3 is 0 Å². The summed E-state index contributed by atoms with van der Waals surface area (Å²) in [7, 11) is 1.97. The van der Waals surface area contributed by atoms with E-state index in [1.807, 2.05) is 24.1 Å². The largest absolute Gasteiger partial charge is 0.341 e. The van der Waals surface area contributed by atoms with Gasteiger partial charge in [0.1, 0.15) is 0 Å². The molecule has 3 rings (SSSR count). The Balaban J connectivity index is 1.69. The second-order valence-electron chi connectivity index (χ2n) is 6.56. The minimum Gasteiger partial charge on any atom is -0.341 e. The minimum atomic E-state index is 0.181. The molecule has 0 radical (unpaired) electrons. The average molecular weight is 383 g/mol. The zero-order valence-corrected chi connectivity index (χ0v) is 14.4. The Hall–Kier alpha value is -0.580. The van der Waals surface area contributed by atoms with Crippen LogP contribution in [0, 0.1) is 28.2 Å². The Morgan fingerprint density at radius 1 is 1.35 bits per heavy atom. The van der Waals surface area contributed by atoms with Gasteiger partial charge in [-0.05, 0) is 78.2 Å². The van der Waals surface area contributed by atoms with E-state index in [1.54, 1.807) is 0 Å². The predicted molar refractivity (Wildman–Crippen MR) is 89.8 cm³/mol. The number of amides is 1. The fraction of sp³-hybridized carbons (Fsp3) is 0.588. The SMILES string of the molecule is Cc1cccc(C(=O)N(C)CC2CC3CCC2C3)c1I. The highest BCUT2D eigenvalue weighted by Gasteiger charge is 2.40. The second kappa shape index (κ2) is 5.66. The Labute approximate surface area is 135 Å². The molecule has 2 aliphatic carbocycles. The van der Waals surface area contributed by atoms with Crippen molar-refractivity contribution in [2.45, 2.75) is 32.6 Å². The topological polar surface area (TPSA) is 20.3 Å². The zero-order valence-electron chi connectivity index (χ0n) is 12.2. The van der Waals surface area contributed by atoms with E-state index in [4.69, 9.17) is 0 Å². The summed E-state index contributed by atoms with van der Waals surface area (Å²) in [5.74, 6) is 2.76. The van der Waals surface area contributed by atoms with E-state index in [1.165, 1.54) is 31.2 Å². The van der Waals surface area contributed by atoms with Crippen LogP contribution < -0.4 is 0 Å². The van der Waals surface area contributed by atoms with Gasteiger partial charge in [0.05, 0.1) is 5.56 Å². The molecule has 2 bridgehead atoms. The van der Waals surface area contributed by atoms with E-state index in [0.29, 0.717) is 0 Å². The van der Waals surface area contributed by atoms with Crippen molar-refractivity contribution in [3.8, 4) is 0 Å². The average Bonchev–Trinajstić information content (AvgIpc) is 3.03. The molecule has 1 amide bonds. The Morgan fingerprint density at radius 3 is 2.80 bits per heavy atom. The third kappa shape index (κ3) is 2.61. The number of hydrogen-bond donors (Lipinski definition) is 0. The van der Waals surface area contributed by atoms with Crippen LogP contribution >= 0.6 is 22.6 Å². The maximum atomic E-state index is 12.6. The van der Waals surface area contributed by atoms with E-state index >= 15 is 0 Å². The van der Waals surface area contributed by atoms with Crippen molar-refractivity contribution >= 4 is 28.5 Å². The number of nitrogens with zero attached hydrogens (tertiary/aromatic N) is 1. The molecule has 3 atom stereocenters. The molecule has 2 fully saturated rings. The van der Waals surface area contributed by atoms with Gasteiger partial charge in [0.2, 0.25) is 0 Å². The van der Waals surface area contributed by atoms with Crippen molar-refractivity contribution < 1.29 is 4.79 Å². The van der Waals surface area contributed by atoms with Gasteiger partial charge in [0.25, 0.3) is 5.91 Å². The molecule has 108 valence electrons. The summed E-state index contributed by atoms with van der Waals surface area (Å²) < 4.78 is 1.09. The smallest absolute Gasteiger partial charge is 0.254 e. The first kappa shape index (κ1) is 14.4. The molecule has 0 spiro atoms. The van der Waals surface area contributed by atoms with Crippen LogP contribution in [0.4, 0.5) is 0 Å². The number of carbonyl (C=O) groups excluding carboxylic acids is 1. The van der Waals surface area contributed by atoms with Gasteiger partial charge < -0.3 is 4.90 Å². The van der Waals surface area contributed by atoms with Gasteiger partial charge in [-0.3, -0.25) is 4.79 Å². The zero-order chi connectivity index (χ0) is 14.3. The van der Waals surface area contributed by atoms with Crippen LogP contribution in [0.15, 0.2) is 18.2 Å². The number of fused-ring (bicyclic) bond motifs is 2. The van der Waals surface area contributed by atoms with Gasteiger partial charge in [-0.15, -0.1) is 0 Å². The lowest BCUT2D eigenvalue weighted by atomic mass is 9.88. The molecule has 1 aromatic rings.